The Morgan fingerprint density at radius 2 is 1.91 bits per heavy atom. The van der Waals surface area contributed by atoms with Crippen molar-refractivity contribution in [3.63, 3.8) is 0 Å². The Labute approximate surface area is 183 Å². The molecule has 0 saturated carbocycles. The Hall–Kier alpha value is -4.58. The van der Waals surface area contributed by atoms with Gasteiger partial charge in [-0.15, -0.1) is 0 Å². The molecule has 0 aliphatic carbocycles. The van der Waals surface area contributed by atoms with Gasteiger partial charge in [-0.3, -0.25) is 14.9 Å². The normalized spacial score (nSPS) is 10.8. The number of amides is 1. The van der Waals surface area contributed by atoms with Crippen LogP contribution < -0.4 is 14.8 Å². The zero-order valence-corrected chi connectivity index (χ0v) is 17.3. The molecular weight excluding hydrogens is 414 g/mol. The van der Waals surface area contributed by atoms with Gasteiger partial charge in [0, 0.05) is 41.9 Å². The summed E-state index contributed by atoms with van der Waals surface area (Å²) in [6.07, 6.45) is 1.33. The number of hydrogen-bond acceptors (Lipinski definition) is 7. The van der Waals surface area contributed by atoms with E-state index in [-0.39, 0.29) is 17.8 Å². The average molecular weight is 433 g/mol. The van der Waals surface area contributed by atoms with Gasteiger partial charge in [0.15, 0.2) is 0 Å². The van der Waals surface area contributed by atoms with Crippen LogP contribution in [0.15, 0.2) is 64.6 Å². The van der Waals surface area contributed by atoms with Crippen LogP contribution in [0.1, 0.15) is 11.3 Å². The third kappa shape index (κ3) is 5.12. The number of nitro groups is 1. The highest BCUT2D eigenvalue weighted by atomic mass is 16.6. The molecule has 0 atom stereocenters. The van der Waals surface area contributed by atoms with E-state index >= 15 is 0 Å². The van der Waals surface area contributed by atoms with Crippen molar-refractivity contribution < 1.29 is 23.6 Å². The largest absolute Gasteiger partial charge is 0.497 e. The molecule has 0 aliphatic rings. The SMILES string of the molecule is COc1ccc(CNC(=O)/C(C#N)=C/c2ccc(-c3ccc([N+](=O)[O-])cc3)o2)c(OC)c1. The van der Waals surface area contributed by atoms with Crippen LogP contribution in [-0.2, 0) is 11.3 Å². The number of nitrogens with zero attached hydrogens (tertiary/aromatic N) is 2. The Kier molecular flexibility index (Phi) is 6.88. The molecule has 0 bridgehead atoms. The first-order chi connectivity index (χ1) is 15.4. The summed E-state index contributed by atoms with van der Waals surface area (Å²) < 4.78 is 16.1. The summed E-state index contributed by atoms with van der Waals surface area (Å²) in [4.78, 5) is 22.8. The molecule has 9 heteroatoms. The van der Waals surface area contributed by atoms with Crippen molar-refractivity contribution in [2.75, 3.05) is 14.2 Å². The van der Waals surface area contributed by atoms with E-state index in [1.807, 2.05) is 6.07 Å². The molecule has 2 aromatic carbocycles. The van der Waals surface area contributed by atoms with Crippen LogP contribution in [0.3, 0.4) is 0 Å². The van der Waals surface area contributed by atoms with Crippen LogP contribution >= 0.6 is 0 Å². The van der Waals surface area contributed by atoms with Crippen molar-refractivity contribution >= 4 is 17.7 Å². The maximum absolute atomic E-state index is 12.5. The minimum atomic E-state index is -0.571. The predicted molar refractivity (Wildman–Crippen MR) is 116 cm³/mol. The molecule has 1 heterocycles. The molecule has 1 amide bonds. The van der Waals surface area contributed by atoms with Crippen LogP contribution in [0.25, 0.3) is 17.4 Å². The number of nitro benzene ring substituents is 1. The summed E-state index contributed by atoms with van der Waals surface area (Å²) in [6.45, 7) is 0.150. The third-order valence-corrected chi connectivity index (χ3v) is 4.57. The lowest BCUT2D eigenvalue weighted by Crippen LogP contribution is -2.24. The molecule has 0 radical (unpaired) electrons. The molecule has 0 saturated heterocycles. The van der Waals surface area contributed by atoms with Crippen LogP contribution in [0.2, 0.25) is 0 Å². The van der Waals surface area contributed by atoms with Crippen molar-refractivity contribution in [3.05, 3.63) is 81.6 Å². The Morgan fingerprint density at radius 3 is 2.53 bits per heavy atom. The molecule has 1 N–H and O–H groups in total. The van der Waals surface area contributed by atoms with Gasteiger partial charge < -0.3 is 19.2 Å². The maximum atomic E-state index is 12.5. The van der Waals surface area contributed by atoms with E-state index in [0.717, 1.165) is 5.56 Å². The van der Waals surface area contributed by atoms with Gasteiger partial charge in [0.2, 0.25) is 0 Å². The van der Waals surface area contributed by atoms with Crippen molar-refractivity contribution in [2.24, 2.45) is 0 Å². The van der Waals surface area contributed by atoms with Crippen LogP contribution in [0.5, 0.6) is 11.5 Å². The molecule has 0 aliphatic heterocycles. The zero-order valence-electron chi connectivity index (χ0n) is 17.3. The number of non-ortho nitro benzene ring substituents is 1. The Balaban J connectivity index is 1.71. The van der Waals surface area contributed by atoms with Crippen molar-refractivity contribution in [3.8, 4) is 28.9 Å². The van der Waals surface area contributed by atoms with E-state index in [1.54, 1.807) is 49.6 Å². The highest BCUT2D eigenvalue weighted by Crippen LogP contribution is 2.26. The van der Waals surface area contributed by atoms with Crippen LogP contribution in [0, 0.1) is 21.4 Å². The summed E-state index contributed by atoms with van der Waals surface area (Å²) in [5, 5.41) is 22.9. The van der Waals surface area contributed by atoms with E-state index in [4.69, 9.17) is 13.9 Å². The Morgan fingerprint density at radius 1 is 1.16 bits per heavy atom. The number of furan rings is 1. The van der Waals surface area contributed by atoms with Crippen LogP contribution in [-0.4, -0.2) is 25.1 Å². The number of benzene rings is 2. The minimum absolute atomic E-state index is 0.0302. The number of hydrogen-bond donors (Lipinski definition) is 1. The maximum Gasteiger partial charge on any atom is 0.269 e. The second-order valence-corrected chi connectivity index (χ2v) is 6.54. The van der Waals surface area contributed by atoms with Gasteiger partial charge in [-0.2, -0.15) is 5.26 Å². The molecule has 0 spiro atoms. The van der Waals surface area contributed by atoms with E-state index in [9.17, 15) is 20.2 Å². The average Bonchev–Trinajstić information content (AvgIpc) is 3.29. The smallest absolute Gasteiger partial charge is 0.269 e. The molecule has 9 nitrogen and oxygen atoms in total. The number of carbonyl (C=O) groups is 1. The lowest BCUT2D eigenvalue weighted by Gasteiger charge is -2.11. The van der Waals surface area contributed by atoms with Crippen molar-refractivity contribution in [2.45, 2.75) is 6.54 Å². The number of nitriles is 1. The van der Waals surface area contributed by atoms with Crippen LogP contribution in [0.4, 0.5) is 5.69 Å². The van der Waals surface area contributed by atoms with Gasteiger partial charge in [-0.1, -0.05) is 0 Å². The number of methoxy groups -OCH3 is 2. The molecule has 3 rings (SSSR count). The molecule has 32 heavy (non-hydrogen) atoms. The van der Waals surface area contributed by atoms with Gasteiger partial charge in [-0.25, -0.2) is 0 Å². The molecule has 3 aromatic rings. The highest BCUT2D eigenvalue weighted by Gasteiger charge is 2.13. The van der Waals surface area contributed by atoms with E-state index < -0.39 is 10.8 Å². The quantitative estimate of drug-likeness (QED) is 0.245. The number of ether oxygens (including phenoxy) is 2. The van der Waals surface area contributed by atoms with E-state index in [1.165, 1.54) is 25.3 Å². The third-order valence-electron chi connectivity index (χ3n) is 4.57. The molecular formula is C23H19N3O6. The Bertz CT molecular complexity index is 1210. The number of carbonyl (C=O) groups excluding carboxylic acids is 1. The summed E-state index contributed by atoms with van der Waals surface area (Å²) >= 11 is 0. The highest BCUT2D eigenvalue weighted by molar-refractivity contribution is 6.01. The second kappa shape index (κ2) is 9.95. The van der Waals surface area contributed by atoms with Gasteiger partial charge in [0.25, 0.3) is 11.6 Å². The number of rotatable bonds is 8. The summed E-state index contributed by atoms with van der Waals surface area (Å²) in [5.41, 5.74) is 1.18. The first-order valence-electron chi connectivity index (χ1n) is 9.40. The predicted octanol–water partition coefficient (Wildman–Crippen LogP) is 4.10. The van der Waals surface area contributed by atoms with Gasteiger partial charge >= 0.3 is 0 Å². The number of nitrogens with one attached hydrogen (secondary N) is 1. The lowest BCUT2D eigenvalue weighted by atomic mass is 10.1. The standard InChI is InChI=1S/C23H19N3O6/c1-30-19-8-5-16(22(12-19)31-2)14-25-23(27)17(13-24)11-20-9-10-21(32-20)15-3-6-18(7-4-15)26(28)29/h3-12H,14H2,1-2H3,(H,25,27)/b17-11+. The van der Waals surface area contributed by atoms with Gasteiger partial charge in [-0.05, 0) is 36.4 Å². The van der Waals surface area contributed by atoms with Gasteiger partial charge in [0.05, 0.1) is 19.1 Å². The first-order valence-corrected chi connectivity index (χ1v) is 9.40. The summed E-state index contributed by atoms with van der Waals surface area (Å²) in [5.74, 6) is 1.35. The molecule has 0 fully saturated rings. The molecule has 162 valence electrons. The molecule has 1 aromatic heterocycles. The monoisotopic (exact) mass is 433 g/mol. The lowest BCUT2D eigenvalue weighted by molar-refractivity contribution is -0.384. The first kappa shape index (κ1) is 22.1. The van der Waals surface area contributed by atoms with E-state index in [0.29, 0.717) is 28.6 Å². The fourth-order valence-corrected chi connectivity index (χ4v) is 2.89. The summed E-state index contributed by atoms with van der Waals surface area (Å²) in [7, 11) is 3.06. The zero-order chi connectivity index (χ0) is 23.1. The van der Waals surface area contributed by atoms with E-state index in [2.05, 4.69) is 5.32 Å². The second-order valence-electron chi connectivity index (χ2n) is 6.54. The minimum Gasteiger partial charge on any atom is -0.497 e. The fourth-order valence-electron chi connectivity index (χ4n) is 2.89. The molecule has 0 unspecified atom stereocenters. The van der Waals surface area contributed by atoms with Crippen molar-refractivity contribution in [1.29, 1.82) is 5.26 Å². The van der Waals surface area contributed by atoms with Gasteiger partial charge in [0.1, 0.15) is 34.7 Å². The topological polar surface area (TPSA) is 128 Å². The summed E-state index contributed by atoms with van der Waals surface area (Å²) in [6, 6.07) is 16.2. The fraction of sp³-hybridized carbons (Fsp3) is 0.130. The van der Waals surface area contributed by atoms with Crippen molar-refractivity contribution in [1.82, 2.24) is 5.32 Å².